The van der Waals surface area contributed by atoms with Crippen LogP contribution in [-0.4, -0.2) is 32.5 Å². The average molecular weight is 418 g/mol. The zero-order chi connectivity index (χ0) is 20.3. The SMILES string of the molecule is Cc1cc(N(C)C)nc(Nc2ccc(NS(=O)(=O)c3ccc(Cl)cc3)cc2)n1. The van der Waals surface area contributed by atoms with Gasteiger partial charge in [-0.3, -0.25) is 4.72 Å². The van der Waals surface area contributed by atoms with E-state index in [4.69, 9.17) is 11.6 Å². The second kappa shape index (κ2) is 8.04. The first-order valence-electron chi connectivity index (χ1n) is 8.41. The number of aromatic nitrogens is 2. The van der Waals surface area contributed by atoms with Crippen LogP contribution in [0.5, 0.6) is 0 Å². The van der Waals surface area contributed by atoms with Gasteiger partial charge in [-0.25, -0.2) is 13.4 Å². The fourth-order valence-corrected chi connectivity index (χ4v) is 3.60. The summed E-state index contributed by atoms with van der Waals surface area (Å²) in [5.74, 6) is 1.26. The first-order valence-corrected chi connectivity index (χ1v) is 10.3. The van der Waals surface area contributed by atoms with Crippen LogP contribution in [0.3, 0.4) is 0 Å². The molecule has 0 atom stereocenters. The summed E-state index contributed by atoms with van der Waals surface area (Å²) >= 11 is 5.81. The molecule has 0 aliphatic carbocycles. The fourth-order valence-electron chi connectivity index (χ4n) is 2.42. The molecule has 3 aromatic rings. The zero-order valence-corrected chi connectivity index (χ0v) is 17.2. The molecular formula is C19H20ClN5O2S. The van der Waals surface area contributed by atoms with E-state index in [0.717, 1.165) is 17.2 Å². The molecule has 0 bridgehead atoms. The second-order valence-electron chi connectivity index (χ2n) is 6.35. The van der Waals surface area contributed by atoms with E-state index in [1.807, 2.05) is 32.0 Å². The Morgan fingerprint density at radius 3 is 2.14 bits per heavy atom. The predicted molar refractivity (Wildman–Crippen MR) is 113 cm³/mol. The maximum Gasteiger partial charge on any atom is 0.261 e. The van der Waals surface area contributed by atoms with Crippen molar-refractivity contribution in [3.8, 4) is 0 Å². The summed E-state index contributed by atoms with van der Waals surface area (Å²) in [7, 11) is 0.138. The number of anilines is 4. The second-order valence-corrected chi connectivity index (χ2v) is 8.47. The monoisotopic (exact) mass is 417 g/mol. The Kier molecular flexibility index (Phi) is 5.71. The molecule has 1 heterocycles. The van der Waals surface area contributed by atoms with Crippen molar-refractivity contribution in [2.45, 2.75) is 11.8 Å². The van der Waals surface area contributed by atoms with Crippen molar-refractivity contribution >= 4 is 44.8 Å². The van der Waals surface area contributed by atoms with E-state index < -0.39 is 10.0 Å². The molecule has 1 aromatic heterocycles. The van der Waals surface area contributed by atoms with Crippen molar-refractivity contribution in [3.63, 3.8) is 0 Å². The third-order valence-corrected chi connectivity index (χ3v) is 5.47. The molecule has 0 aliphatic rings. The van der Waals surface area contributed by atoms with Crippen LogP contribution in [0.1, 0.15) is 5.69 Å². The smallest absolute Gasteiger partial charge is 0.261 e. The van der Waals surface area contributed by atoms with E-state index in [1.54, 1.807) is 24.3 Å². The molecule has 0 spiro atoms. The number of hydrogen-bond donors (Lipinski definition) is 2. The van der Waals surface area contributed by atoms with Crippen LogP contribution in [0, 0.1) is 6.92 Å². The maximum absolute atomic E-state index is 12.4. The van der Waals surface area contributed by atoms with Crippen LogP contribution in [0.2, 0.25) is 5.02 Å². The predicted octanol–water partition coefficient (Wildman–Crippen LogP) is 4.05. The van der Waals surface area contributed by atoms with E-state index in [2.05, 4.69) is 20.0 Å². The third kappa shape index (κ3) is 4.90. The van der Waals surface area contributed by atoms with Crippen molar-refractivity contribution in [2.24, 2.45) is 0 Å². The molecule has 3 rings (SSSR count). The van der Waals surface area contributed by atoms with Crippen molar-refractivity contribution in [1.29, 1.82) is 0 Å². The van der Waals surface area contributed by atoms with Crippen LogP contribution in [-0.2, 0) is 10.0 Å². The molecule has 0 radical (unpaired) electrons. The van der Waals surface area contributed by atoms with Gasteiger partial charge in [0.15, 0.2) is 0 Å². The maximum atomic E-state index is 12.4. The van der Waals surface area contributed by atoms with Crippen molar-refractivity contribution in [3.05, 3.63) is 65.3 Å². The minimum absolute atomic E-state index is 0.142. The van der Waals surface area contributed by atoms with Crippen LogP contribution in [0.15, 0.2) is 59.5 Å². The number of aryl methyl sites for hydroxylation is 1. The summed E-state index contributed by atoms with van der Waals surface area (Å²) in [4.78, 5) is 10.8. The summed E-state index contributed by atoms with van der Waals surface area (Å²) < 4.78 is 27.4. The molecule has 9 heteroatoms. The zero-order valence-electron chi connectivity index (χ0n) is 15.6. The topological polar surface area (TPSA) is 87.2 Å². The standard InChI is InChI=1S/C19H20ClN5O2S/c1-13-12-18(25(2)3)23-19(21-13)22-15-6-8-16(9-7-15)24-28(26,27)17-10-4-14(20)5-11-17/h4-12,24H,1-3H3,(H,21,22,23). The molecule has 7 nitrogen and oxygen atoms in total. The molecule has 0 aliphatic heterocycles. The van der Waals surface area contributed by atoms with Gasteiger partial charge in [0.2, 0.25) is 5.95 Å². The van der Waals surface area contributed by atoms with Gasteiger partial charge in [-0.05, 0) is 55.5 Å². The fraction of sp³-hybridized carbons (Fsp3) is 0.158. The molecule has 2 aromatic carbocycles. The van der Waals surface area contributed by atoms with E-state index in [0.29, 0.717) is 16.7 Å². The number of halogens is 1. The molecule has 0 saturated carbocycles. The van der Waals surface area contributed by atoms with E-state index >= 15 is 0 Å². The Labute approximate surface area is 169 Å². The highest BCUT2D eigenvalue weighted by Crippen LogP contribution is 2.22. The van der Waals surface area contributed by atoms with Gasteiger partial charge in [-0.15, -0.1) is 0 Å². The normalized spacial score (nSPS) is 11.1. The lowest BCUT2D eigenvalue weighted by atomic mass is 10.3. The lowest BCUT2D eigenvalue weighted by Gasteiger charge is -2.14. The highest BCUT2D eigenvalue weighted by molar-refractivity contribution is 7.92. The lowest BCUT2D eigenvalue weighted by Crippen LogP contribution is -2.13. The number of nitrogens with zero attached hydrogens (tertiary/aromatic N) is 3. The Morgan fingerprint density at radius 2 is 1.54 bits per heavy atom. The van der Waals surface area contributed by atoms with Crippen molar-refractivity contribution in [2.75, 3.05) is 29.0 Å². The molecule has 28 heavy (non-hydrogen) atoms. The first kappa shape index (κ1) is 19.9. The molecule has 0 fully saturated rings. The number of hydrogen-bond acceptors (Lipinski definition) is 6. The summed E-state index contributed by atoms with van der Waals surface area (Å²) in [6.07, 6.45) is 0. The number of sulfonamides is 1. The van der Waals surface area contributed by atoms with E-state index in [-0.39, 0.29) is 4.90 Å². The van der Waals surface area contributed by atoms with Gasteiger partial charge in [0.25, 0.3) is 10.0 Å². The Hall–Kier alpha value is -2.84. The van der Waals surface area contributed by atoms with Crippen molar-refractivity contribution in [1.82, 2.24) is 9.97 Å². The lowest BCUT2D eigenvalue weighted by molar-refractivity contribution is 0.601. The number of rotatable bonds is 6. The van der Waals surface area contributed by atoms with Crippen LogP contribution in [0.25, 0.3) is 0 Å². The Balaban J connectivity index is 1.74. The average Bonchev–Trinajstić information content (AvgIpc) is 2.63. The minimum Gasteiger partial charge on any atom is -0.363 e. The van der Waals surface area contributed by atoms with Crippen LogP contribution >= 0.6 is 11.6 Å². The van der Waals surface area contributed by atoms with Gasteiger partial charge in [-0.2, -0.15) is 4.98 Å². The molecule has 146 valence electrons. The Morgan fingerprint density at radius 1 is 0.929 bits per heavy atom. The van der Waals surface area contributed by atoms with E-state index in [1.165, 1.54) is 24.3 Å². The third-order valence-electron chi connectivity index (χ3n) is 3.82. The van der Waals surface area contributed by atoms with Gasteiger partial charge >= 0.3 is 0 Å². The molecule has 0 amide bonds. The van der Waals surface area contributed by atoms with Gasteiger partial charge in [-0.1, -0.05) is 11.6 Å². The van der Waals surface area contributed by atoms with E-state index in [9.17, 15) is 8.42 Å². The van der Waals surface area contributed by atoms with Gasteiger partial charge in [0, 0.05) is 42.3 Å². The molecule has 2 N–H and O–H groups in total. The van der Waals surface area contributed by atoms with Crippen molar-refractivity contribution < 1.29 is 8.42 Å². The first-order chi connectivity index (χ1) is 13.2. The summed E-state index contributed by atoms with van der Waals surface area (Å²) in [5.41, 5.74) is 2.03. The molecule has 0 unspecified atom stereocenters. The minimum atomic E-state index is -3.68. The summed E-state index contributed by atoms with van der Waals surface area (Å²) in [6, 6.07) is 14.7. The molecule has 0 saturated heterocycles. The molecular weight excluding hydrogens is 398 g/mol. The van der Waals surface area contributed by atoms with Crippen LogP contribution < -0.4 is 14.9 Å². The highest BCUT2D eigenvalue weighted by Gasteiger charge is 2.14. The largest absolute Gasteiger partial charge is 0.363 e. The Bertz CT molecular complexity index is 1070. The van der Waals surface area contributed by atoms with Gasteiger partial charge in [0.05, 0.1) is 4.90 Å². The summed E-state index contributed by atoms with van der Waals surface area (Å²) in [6.45, 7) is 1.90. The number of benzene rings is 2. The highest BCUT2D eigenvalue weighted by atomic mass is 35.5. The quantitative estimate of drug-likeness (QED) is 0.629. The number of nitrogens with one attached hydrogen (secondary N) is 2. The van der Waals surface area contributed by atoms with Crippen LogP contribution in [0.4, 0.5) is 23.1 Å². The summed E-state index contributed by atoms with van der Waals surface area (Å²) in [5, 5.41) is 3.60. The van der Waals surface area contributed by atoms with Gasteiger partial charge < -0.3 is 10.2 Å². The van der Waals surface area contributed by atoms with Gasteiger partial charge in [0.1, 0.15) is 5.82 Å².